The molecular weight excluding hydrogens is 462 g/mol. The Morgan fingerprint density at radius 3 is 2.54 bits per heavy atom. The van der Waals surface area contributed by atoms with Gasteiger partial charge in [-0.15, -0.1) is 24.0 Å². The molecular formula is C12H25F3IN5O2S. The molecule has 0 aromatic carbocycles. The van der Waals surface area contributed by atoms with E-state index in [1.54, 1.807) is 7.05 Å². The van der Waals surface area contributed by atoms with Gasteiger partial charge in [-0.1, -0.05) is 0 Å². The molecule has 0 aliphatic carbocycles. The molecule has 24 heavy (non-hydrogen) atoms. The molecule has 0 amide bonds. The van der Waals surface area contributed by atoms with Gasteiger partial charge in [-0.05, 0) is 12.8 Å². The van der Waals surface area contributed by atoms with Gasteiger partial charge in [0.2, 0.25) is 10.0 Å². The normalized spacial score (nSPS) is 19.9. The van der Waals surface area contributed by atoms with E-state index in [2.05, 4.69) is 20.3 Å². The average Bonchev–Trinajstić information content (AvgIpc) is 2.80. The van der Waals surface area contributed by atoms with Crippen LogP contribution in [0.2, 0.25) is 0 Å². The van der Waals surface area contributed by atoms with Crippen LogP contribution >= 0.6 is 24.0 Å². The maximum atomic E-state index is 12.3. The Hall–Kier alpha value is -0.340. The summed E-state index contributed by atoms with van der Waals surface area (Å²) in [6, 6.07) is -0.0855. The molecule has 1 fully saturated rings. The summed E-state index contributed by atoms with van der Waals surface area (Å²) in [4.78, 5) is 5.37. The topological polar surface area (TPSA) is 85.8 Å². The molecule has 1 rings (SSSR count). The van der Waals surface area contributed by atoms with Crippen LogP contribution in [0.4, 0.5) is 13.2 Å². The fourth-order valence-corrected chi connectivity index (χ4v) is 2.80. The highest BCUT2D eigenvalue weighted by Gasteiger charge is 2.34. The predicted octanol–water partition coefficient (Wildman–Crippen LogP) is 0.345. The van der Waals surface area contributed by atoms with E-state index in [0.717, 1.165) is 6.26 Å². The third-order valence-corrected chi connectivity index (χ3v) is 3.98. The summed E-state index contributed by atoms with van der Waals surface area (Å²) in [7, 11) is -1.62. The zero-order valence-corrected chi connectivity index (χ0v) is 16.8. The van der Waals surface area contributed by atoms with Crippen LogP contribution in [0.1, 0.15) is 12.8 Å². The maximum absolute atomic E-state index is 12.3. The van der Waals surface area contributed by atoms with E-state index < -0.39 is 22.7 Å². The van der Waals surface area contributed by atoms with Crippen molar-refractivity contribution in [3.8, 4) is 0 Å². The highest BCUT2D eigenvalue weighted by atomic mass is 127. The van der Waals surface area contributed by atoms with Gasteiger partial charge in [-0.3, -0.25) is 9.89 Å². The monoisotopic (exact) mass is 487 g/mol. The minimum atomic E-state index is -4.18. The van der Waals surface area contributed by atoms with Crippen LogP contribution in [0.15, 0.2) is 4.99 Å². The Morgan fingerprint density at radius 1 is 1.33 bits per heavy atom. The quantitative estimate of drug-likeness (QED) is 0.209. The van der Waals surface area contributed by atoms with E-state index in [9.17, 15) is 21.6 Å². The van der Waals surface area contributed by atoms with E-state index in [-0.39, 0.29) is 30.0 Å². The van der Waals surface area contributed by atoms with Crippen molar-refractivity contribution < 1.29 is 21.6 Å². The van der Waals surface area contributed by atoms with Crippen LogP contribution in [0.25, 0.3) is 0 Å². The molecule has 1 saturated heterocycles. The lowest BCUT2D eigenvalue weighted by molar-refractivity contribution is -0.143. The number of guanidine groups is 1. The molecule has 7 nitrogen and oxygen atoms in total. The van der Waals surface area contributed by atoms with Gasteiger partial charge in [-0.2, -0.15) is 13.2 Å². The van der Waals surface area contributed by atoms with Crippen LogP contribution in [0, 0.1) is 0 Å². The van der Waals surface area contributed by atoms with Crippen molar-refractivity contribution >= 4 is 40.0 Å². The van der Waals surface area contributed by atoms with Gasteiger partial charge < -0.3 is 10.6 Å². The van der Waals surface area contributed by atoms with Crippen LogP contribution in [-0.2, 0) is 10.0 Å². The van der Waals surface area contributed by atoms with Crippen LogP contribution in [-0.4, -0.2) is 77.5 Å². The van der Waals surface area contributed by atoms with Gasteiger partial charge in [0.25, 0.3) is 0 Å². The van der Waals surface area contributed by atoms with Crippen LogP contribution < -0.4 is 15.4 Å². The first kappa shape index (κ1) is 23.7. The number of hydrogen-bond donors (Lipinski definition) is 3. The summed E-state index contributed by atoms with van der Waals surface area (Å²) in [5.41, 5.74) is 0. The van der Waals surface area contributed by atoms with Gasteiger partial charge >= 0.3 is 6.18 Å². The molecule has 12 heteroatoms. The van der Waals surface area contributed by atoms with E-state index in [1.165, 1.54) is 4.90 Å². The lowest BCUT2D eigenvalue weighted by Crippen LogP contribution is -2.45. The number of rotatable bonds is 7. The fourth-order valence-electron chi connectivity index (χ4n) is 2.29. The first-order valence-electron chi connectivity index (χ1n) is 7.30. The molecule has 0 aromatic heterocycles. The van der Waals surface area contributed by atoms with Gasteiger partial charge in [0.05, 0.1) is 12.8 Å². The number of likely N-dealkylation sites (tertiary alicyclic amines) is 1. The van der Waals surface area contributed by atoms with Crippen molar-refractivity contribution in [3.63, 3.8) is 0 Å². The first-order valence-corrected chi connectivity index (χ1v) is 9.19. The summed E-state index contributed by atoms with van der Waals surface area (Å²) in [6.45, 7) is 0.628. The van der Waals surface area contributed by atoms with E-state index >= 15 is 0 Å². The van der Waals surface area contributed by atoms with Crippen molar-refractivity contribution in [3.05, 3.63) is 0 Å². The van der Waals surface area contributed by atoms with Gasteiger partial charge in [-0.25, -0.2) is 13.1 Å². The Morgan fingerprint density at radius 2 is 2.00 bits per heavy atom. The van der Waals surface area contributed by atoms with Crippen molar-refractivity contribution in [2.75, 3.05) is 46.0 Å². The van der Waals surface area contributed by atoms with Crippen molar-refractivity contribution in [1.82, 2.24) is 20.3 Å². The SMILES string of the molecule is CN=C(NCCCNS(C)(=O)=O)NC1CCN(CC(F)(F)F)C1.I. The molecule has 0 saturated carbocycles. The molecule has 1 unspecified atom stereocenters. The predicted molar refractivity (Wildman–Crippen MR) is 98.3 cm³/mol. The van der Waals surface area contributed by atoms with Gasteiger partial charge in [0.15, 0.2) is 5.96 Å². The lowest BCUT2D eigenvalue weighted by atomic mass is 10.3. The number of aliphatic imine (C=N–C) groups is 1. The molecule has 1 heterocycles. The molecule has 1 aliphatic heterocycles. The van der Waals surface area contributed by atoms with Gasteiger partial charge in [0.1, 0.15) is 0 Å². The number of hydrogen-bond acceptors (Lipinski definition) is 4. The second kappa shape index (κ2) is 10.6. The molecule has 1 atom stereocenters. The number of alkyl halides is 3. The second-order valence-corrected chi connectivity index (χ2v) is 7.33. The molecule has 0 bridgehead atoms. The summed E-state index contributed by atoms with van der Waals surface area (Å²) < 4.78 is 61.2. The standard InChI is InChI=1S/C12H24F3N5O2S.HI/c1-16-11(17-5-3-6-18-23(2,21)22)19-10-4-7-20(8-10)9-12(13,14)15;/h10,18H,3-9H2,1-2H3,(H2,16,17,19);1H. The van der Waals surface area contributed by atoms with Crippen molar-refractivity contribution in [2.24, 2.45) is 4.99 Å². The van der Waals surface area contributed by atoms with E-state index in [0.29, 0.717) is 45.0 Å². The van der Waals surface area contributed by atoms with Crippen molar-refractivity contribution in [1.29, 1.82) is 0 Å². The highest BCUT2D eigenvalue weighted by molar-refractivity contribution is 14.0. The first-order chi connectivity index (χ1) is 10.6. The molecule has 3 N–H and O–H groups in total. The second-order valence-electron chi connectivity index (χ2n) is 5.50. The van der Waals surface area contributed by atoms with E-state index in [1.807, 2.05) is 0 Å². The number of nitrogens with one attached hydrogen (secondary N) is 3. The minimum absolute atomic E-state index is 0. The molecule has 0 aromatic rings. The lowest BCUT2D eigenvalue weighted by Gasteiger charge is -2.19. The number of sulfonamides is 1. The Balaban J connectivity index is 0.00000529. The third-order valence-electron chi connectivity index (χ3n) is 3.25. The largest absolute Gasteiger partial charge is 0.401 e. The highest BCUT2D eigenvalue weighted by Crippen LogP contribution is 2.19. The van der Waals surface area contributed by atoms with Crippen molar-refractivity contribution in [2.45, 2.75) is 25.1 Å². The third kappa shape index (κ3) is 11.3. The summed E-state index contributed by atoms with van der Waals surface area (Å²) in [5, 5.41) is 6.09. The van der Waals surface area contributed by atoms with Crippen LogP contribution in [0.3, 0.4) is 0 Å². The fraction of sp³-hybridized carbons (Fsp3) is 0.917. The number of nitrogens with zero attached hydrogens (tertiary/aromatic N) is 2. The zero-order valence-electron chi connectivity index (χ0n) is 13.7. The summed E-state index contributed by atoms with van der Waals surface area (Å²) >= 11 is 0. The van der Waals surface area contributed by atoms with Crippen LogP contribution in [0.5, 0.6) is 0 Å². The Labute approximate surface area is 157 Å². The Bertz CT molecular complexity index is 501. The van der Waals surface area contributed by atoms with Gasteiger partial charge in [0, 0.05) is 39.3 Å². The average molecular weight is 487 g/mol. The number of halogens is 4. The minimum Gasteiger partial charge on any atom is -0.356 e. The summed E-state index contributed by atoms with van der Waals surface area (Å²) in [5.74, 6) is 0.503. The molecule has 0 spiro atoms. The molecule has 0 radical (unpaired) electrons. The maximum Gasteiger partial charge on any atom is 0.401 e. The summed E-state index contributed by atoms with van der Waals surface area (Å²) in [6.07, 6.45) is -1.90. The molecule has 144 valence electrons. The Kier molecular flexibility index (Phi) is 10.5. The smallest absolute Gasteiger partial charge is 0.356 e. The molecule has 1 aliphatic rings. The zero-order chi connectivity index (χ0) is 17.5. The van der Waals surface area contributed by atoms with E-state index in [4.69, 9.17) is 0 Å².